The van der Waals surface area contributed by atoms with Crippen LogP contribution in [0.2, 0.25) is 0 Å². The zero-order valence-corrected chi connectivity index (χ0v) is 19.5. The number of nitrogens with one attached hydrogen (secondary N) is 1. The quantitative estimate of drug-likeness (QED) is 0.548. The number of primary amides is 1. The Bertz CT molecular complexity index is 1250. The molecule has 12 heteroatoms. The molecule has 1 aromatic carbocycles. The fourth-order valence-electron chi connectivity index (χ4n) is 3.64. The first kappa shape index (κ1) is 24.0. The molecule has 1 fully saturated rings. The Morgan fingerprint density at radius 1 is 1.20 bits per heavy atom. The highest BCUT2D eigenvalue weighted by molar-refractivity contribution is 5.97. The zero-order valence-electron chi connectivity index (χ0n) is 19.5. The van der Waals surface area contributed by atoms with Crippen molar-refractivity contribution in [2.24, 2.45) is 11.7 Å². The Balaban J connectivity index is 1.45. The van der Waals surface area contributed by atoms with Crippen LogP contribution in [0, 0.1) is 17.6 Å². The number of nitrogens with two attached hydrogens (primary N) is 1. The van der Waals surface area contributed by atoms with E-state index in [9.17, 15) is 18.4 Å². The van der Waals surface area contributed by atoms with Gasteiger partial charge in [-0.25, -0.2) is 13.6 Å². The Morgan fingerprint density at radius 3 is 2.51 bits per heavy atom. The van der Waals surface area contributed by atoms with Crippen LogP contribution in [-0.2, 0) is 11.3 Å². The van der Waals surface area contributed by atoms with Crippen LogP contribution in [0.1, 0.15) is 31.3 Å². The number of halogens is 2. The number of hydrogen-bond donors (Lipinski definition) is 2. The lowest BCUT2D eigenvalue weighted by Gasteiger charge is -2.39. The summed E-state index contributed by atoms with van der Waals surface area (Å²) in [7, 11) is 0. The molecular weight excluding hydrogens is 460 g/mol. The number of nitrogens with zero attached hydrogens (tertiary/aromatic N) is 5. The van der Waals surface area contributed by atoms with E-state index in [0.717, 1.165) is 12.1 Å². The number of likely N-dealkylation sites (tertiary alicyclic amines) is 1. The number of hydrogen-bond acceptors (Lipinski definition) is 7. The molecule has 0 saturated carbocycles. The maximum absolute atomic E-state index is 14.2. The molecule has 184 valence electrons. The van der Waals surface area contributed by atoms with E-state index >= 15 is 0 Å². The summed E-state index contributed by atoms with van der Waals surface area (Å²) < 4.78 is 35.5. The topological polar surface area (TPSA) is 128 Å². The number of anilines is 2. The van der Waals surface area contributed by atoms with Crippen molar-refractivity contribution < 1.29 is 23.1 Å². The standard InChI is InChI=1S/C23H25F2N7O3/c1-23(2,3)35-22(34)31-9-13(10-31)11-32-12-14(8-27-32)28-18-7-17(29-30-20(18)21(26)33)19-15(24)5-4-6-16(19)25/h4-8,12-13H,9-11H2,1-3H3,(H2,26,33)(H,28,29). The second-order valence-electron chi connectivity index (χ2n) is 9.28. The molecule has 35 heavy (non-hydrogen) atoms. The van der Waals surface area contributed by atoms with E-state index in [1.54, 1.807) is 15.8 Å². The molecule has 0 bridgehead atoms. The average molecular weight is 485 g/mol. The van der Waals surface area contributed by atoms with Gasteiger partial charge in [0.1, 0.15) is 22.9 Å². The van der Waals surface area contributed by atoms with Crippen molar-refractivity contribution in [3.8, 4) is 11.3 Å². The van der Waals surface area contributed by atoms with Crippen LogP contribution >= 0.6 is 0 Å². The number of carbonyl (C=O) groups is 2. The van der Waals surface area contributed by atoms with Gasteiger partial charge in [-0.2, -0.15) is 5.10 Å². The number of carbonyl (C=O) groups excluding carboxylic acids is 2. The van der Waals surface area contributed by atoms with Gasteiger partial charge in [0, 0.05) is 31.7 Å². The number of ether oxygens (including phenoxy) is 1. The monoisotopic (exact) mass is 485 g/mol. The second-order valence-corrected chi connectivity index (χ2v) is 9.28. The van der Waals surface area contributed by atoms with Crippen LogP contribution in [0.5, 0.6) is 0 Å². The van der Waals surface area contributed by atoms with Gasteiger partial charge in [0.2, 0.25) is 0 Å². The van der Waals surface area contributed by atoms with Crippen molar-refractivity contribution in [1.82, 2.24) is 24.9 Å². The molecule has 0 atom stereocenters. The Kier molecular flexibility index (Phi) is 6.37. The number of benzene rings is 1. The first-order chi connectivity index (χ1) is 16.5. The summed E-state index contributed by atoms with van der Waals surface area (Å²) in [6, 6.07) is 4.74. The predicted molar refractivity (Wildman–Crippen MR) is 123 cm³/mol. The van der Waals surface area contributed by atoms with Crippen molar-refractivity contribution >= 4 is 23.4 Å². The van der Waals surface area contributed by atoms with E-state index in [1.807, 2.05) is 20.8 Å². The fourth-order valence-corrected chi connectivity index (χ4v) is 3.64. The Morgan fingerprint density at radius 2 is 1.89 bits per heavy atom. The largest absolute Gasteiger partial charge is 0.444 e. The molecule has 1 aliphatic heterocycles. The molecule has 0 radical (unpaired) electrons. The molecule has 3 aromatic rings. The molecule has 1 aliphatic rings. The summed E-state index contributed by atoms with van der Waals surface area (Å²) in [6.45, 7) is 7.11. The highest BCUT2D eigenvalue weighted by atomic mass is 19.1. The van der Waals surface area contributed by atoms with Gasteiger partial charge in [0.15, 0.2) is 5.69 Å². The van der Waals surface area contributed by atoms with Crippen LogP contribution in [-0.4, -0.2) is 55.6 Å². The molecule has 4 rings (SSSR count). The summed E-state index contributed by atoms with van der Waals surface area (Å²) in [4.78, 5) is 25.5. The van der Waals surface area contributed by atoms with E-state index in [1.165, 1.54) is 18.3 Å². The minimum atomic E-state index is -0.857. The second kappa shape index (κ2) is 9.28. The first-order valence-electron chi connectivity index (χ1n) is 10.9. The lowest BCUT2D eigenvalue weighted by molar-refractivity contribution is -0.00384. The van der Waals surface area contributed by atoms with E-state index in [-0.39, 0.29) is 34.6 Å². The lowest BCUT2D eigenvalue weighted by atomic mass is 10.0. The summed E-state index contributed by atoms with van der Waals surface area (Å²) >= 11 is 0. The Labute approximate surface area is 200 Å². The van der Waals surface area contributed by atoms with Crippen LogP contribution in [0.15, 0.2) is 36.7 Å². The van der Waals surface area contributed by atoms with E-state index < -0.39 is 23.1 Å². The minimum Gasteiger partial charge on any atom is -0.444 e. The third-order valence-electron chi connectivity index (χ3n) is 5.21. The number of aromatic nitrogens is 4. The third kappa shape index (κ3) is 5.53. The lowest BCUT2D eigenvalue weighted by Crippen LogP contribution is -2.52. The molecule has 10 nitrogen and oxygen atoms in total. The molecule has 3 heterocycles. The maximum Gasteiger partial charge on any atom is 0.410 e. The van der Waals surface area contributed by atoms with Crippen LogP contribution in [0.4, 0.5) is 25.0 Å². The van der Waals surface area contributed by atoms with Gasteiger partial charge >= 0.3 is 6.09 Å². The van der Waals surface area contributed by atoms with Gasteiger partial charge in [-0.3, -0.25) is 9.48 Å². The van der Waals surface area contributed by atoms with Crippen LogP contribution < -0.4 is 11.1 Å². The SMILES string of the molecule is CC(C)(C)OC(=O)N1CC(Cn2cc(Nc3cc(-c4c(F)cccc4F)nnc3C(N)=O)cn2)C1. The van der Waals surface area contributed by atoms with Crippen molar-refractivity contribution in [2.45, 2.75) is 32.9 Å². The van der Waals surface area contributed by atoms with Gasteiger partial charge in [-0.05, 0) is 39.0 Å². The summed E-state index contributed by atoms with van der Waals surface area (Å²) in [6.07, 6.45) is 2.88. The smallest absolute Gasteiger partial charge is 0.410 e. The molecule has 2 amide bonds. The molecule has 1 saturated heterocycles. The third-order valence-corrected chi connectivity index (χ3v) is 5.21. The normalized spacial score (nSPS) is 13.9. The van der Waals surface area contributed by atoms with E-state index in [0.29, 0.717) is 25.3 Å². The number of rotatable bonds is 6. The van der Waals surface area contributed by atoms with Gasteiger partial charge in [-0.15, -0.1) is 10.2 Å². The van der Waals surface area contributed by atoms with E-state index in [2.05, 4.69) is 20.6 Å². The molecule has 0 spiro atoms. The summed E-state index contributed by atoms with van der Waals surface area (Å²) in [5, 5.41) is 14.8. The van der Waals surface area contributed by atoms with Crippen molar-refractivity contribution in [1.29, 1.82) is 0 Å². The van der Waals surface area contributed by atoms with Gasteiger partial charge in [-0.1, -0.05) is 6.07 Å². The highest BCUT2D eigenvalue weighted by Crippen LogP contribution is 2.28. The van der Waals surface area contributed by atoms with Gasteiger partial charge in [0.25, 0.3) is 5.91 Å². The molecule has 0 unspecified atom stereocenters. The molecular formula is C23H25F2N7O3. The predicted octanol–water partition coefficient (Wildman–Crippen LogP) is 3.33. The van der Waals surface area contributed by atoms with Gasteiger partial charge in [0.05, 0.1) is 23.1 Å². The summed E-state index contributed by atoms with van der Waals surface area (Å²) in [5.41, 5.74) is 4.83. The molecule has 0 aliphatic carbocycles. The molecule has 2 aromatic heterocycles. The first-order valence-corrected chi connectivity index (χ1v) is 10.9. The van der Waals surface area contributed by atoms with Crippen molar-refractivity contribution in [2.75, 3.05) is 18.4 Å². The van der Waals surface area contributed by atoms with Gasteiger partial charge < -0.3 is 20.7 Å². The number of amides is 2. The van der Waals surface area contributed by atoms with Crippen molar-refractivity contribution in [3.05, 3.63) is 54.0 Å². The highest BCUT2D eigenvalue weighted by Gasteiger charge is 2.34. The average Bonchev–Trinajstić information content (AvgIpc) is 3.16. The van der Waals surface area contributed by atoms with Crippen molar-refractivity contribution in [3.63, 3.8) is 0 Å². The maximum atomic E-state index is 14.2. The molecule has 3 N–H and O–H groups in total. The van der Waals surface area contributed by atoms with Crippen LogP contribution in [0.3, 0.4) is 0 Å². The Hall–Kier alpha value is -4.09. The van der Waals surface area contributed by atoms with Crippen LogP contribution in [0.25, 0.3) is 11.3 Å². The minimum absolute atomic E-state index is 0.0998. The summed E-state index contributed by atoms with van der Waals surface area (Å²) in [5.74, 6) is -2.28. The van der Waals surface area contributed by atoms with E-state index in [4.69, 9.17) is 10.5 Å². The zero-order chi connectivity index (χ0) is 25.3. The fraction of sp³-hybridized carbons (Fsp3) is 0.348.